The van der Waals surface area contributed by atoms with Crippen LogP contribution in [0.15, 0.2) is 59.9 Å². The summed E-state index contributed by atoms with van der Waals surface area (Å²) in [7, 11) is 0. The van der Waals surface area contributed by atoms with E-state index in [1.807, 2.05) is 23.1 Å². The third-order valence-corrected chi connectivity index (χ3v) is 6.03. The molecule has 0 aliphatic carbocycles. The van der Waals surface area contributed by atoms with Crippen LogP contribution in [-0.2, 0) is 17.8 Å². The maximum atomic E-state index is 14.0. The molecule has 0 fully saturated rings. The first kappa shape index (κ1) is 18.7. The molecule has 0 atom stereocenters. The van der Waals surface area contributed by atoms with E-state index in [1.54, 1.807) is 18.2 Å². The van der Waals surface area contributed by atoms with Gasteiger partial charge in [0.2, 0.25) is 5.91 Å². The lowest BCUT2D eigenvalue weighted by molar-refractivity contribution is -0.116. The van der Waals surface area contributed by atoms with Crippen molar-refractivity contribution in [3.05, 3.63) is 71.8 Å². The predicted octanol–water partition coefficient (Wildman–Crippen LogP) is 3.09. The number of benzene rings is 2. The SMILES string of the molecule is O=C(CSc1ncnc2c1nnn2Cc1ccccc1F)N1CCc2ccccc21. The van der Waals surface area contributed by atoms with Crippen LogP contribution in [0.1, 0.15) is 11.1 Å². The Labute approximate surface area is 175 Å². The number of aromatic nitrogens is 5. The minimum Gasteiger partial charge on any atom is -0.311 e. The minimum absolute atomic E-state index is 0.0236. The summed E-state index contributed by atoms with van der Waals surface area (Å²) in [6.07, 6.45) is 2.29. The molecule has 0 spiro atoms. The molecule has 0 N–H and O–H groups in total. The molecule has 4 aromatic rings. The van der Waals surface area contributed by atoms with E-state index in [-0.39, 0.29) is 24.0 Å². The number of nitrogens with zero attached hydrogens (tertiary/aromatic N) is 6. The lowest BCUT2D eigenvalue weighted by Crippen LogP contribution is -2.30. The van der Waals surface area contributed by atoms with Gasteiger partial charge >= 0.3 is 0 Å². The van der Waals surface area contributed by atoms with E-state index >= 15 is 0 Å². The third-order valence-electron chi connectivity index (χ3n) is 5.07. The summed E-state index contributed by atoms with van der Waals surface area (Å²) < 4.78 is 15.5. The Kier molecular flexibility index (Phi) is 4.88. The second kappa shape index (κ2) is 7.83. The molecular weight excluding hydrogens is 403 g/mol. The number of carbonyl (C=O) groups excluding carboxylic acids is 1. The number of halogens is 1. The zero-order chi connectivity index (χ0) is 20.5. The van der Waals surface area contributed by atoms with Crippen LogP contribution in [0.3, 0.4) is 0 Å². The van der Waals surface area contributed by atoms with Crippen molar-refractivity contribution < 1.29 is 9.18 Å². The maximum Gasteiger partial charge on any atom is 0.237 e. The van der Waals surface area contributed by atoms with E-state index in [0.29, 0.717) is 28.3 Å². The van der Waals surface area contributed by atoms with Gasteiger partial charge in [-0.05, 0) is 24.1 Å². The van der Waals surface area contributed by atoms with Crippen LogP contribution in [0.25, 0.3) is 11.2 Å². The van der Waals surface area contributed by atoms with Crippen molar-refractivity contribution in [2.75, 3.05) is 17.2 Å². The topological polar surface area (TPSA) is 76.8 Å². The Morgan fingerprint density at radius 1 is 1.10 bits per heavy atom. The summed E-state index contributed by atoms with van der Waals surface area (Å²) in [4.78, 5) is 23.1. The molecule has 0 saturated carbocycles. The standard InChI is InChI=1S/C21H17FN6OS/c22-16-7-3-1-6-15(16)11-28-20-19(25-26-28)21(24-13-23-20)30-12-18(29)27-10-9-14-5-2-4-8-17(14)27/h1-8,13H,9-12H2. The number of hydrogen-bond acceptors (Lipinski definition) is 6. The van der Waals surface area contributed by atoms with E-state index in [4.69, 9.17) is 0 Å². The van der Waals surface area contributed by atoms with Crippen molar-refractivity contribution in [2.24, 2.45) is 0 Å². The normalized spacial score (nSPS) is 13.0. The van der Waals surface area contributed by atoms with E-state index in [1.165, 1.54) is 34.4 Å². The van der Waals surface area contributed by atoms with Gasteiger partial charge in [0, 0.05) is 17.8 Å². The predicted molar refractivity (Wildman–Crippen MR) is 112 cm³/mol. The van der Waals surface area contributed by atoms with Gasteiger partial charge in [0.05, 0.1) is 12.3 Å². The summed E-state index contributed by atoms with van der Waals surface area (Å²) in [5.41, 5.74) is 3.69. The van der Waals surface area contributed by atoms with Crippen LogP contribution < -0.4 is 4.90 Å². The van der Waals surface area contributed by atoms with Crippen molar-refractivity contribution in [1.29, 1.82) is 0 Å². The second-order valence-electron chi connectivity index (χ2n) is 6.90. The van der Waals surface area contributed by atoms with Crippen LogP contribution in [0, 0.1) is 5.82 Å². The molecule has 30 heavy (non-hydrogen) atoms. The van der Waals surface area contributed by atoms with Crippen molar-refractivity contribution >= 4 is 34.5 Å². The molecule has 5 rings (SSSR count). The Balaban J connectivity index is 1.34. The highest BCUT2D eigenvalue weighted by Crippen LogP contribution is 2.29. The van der Waals surface area contributed by atoms with Gasteiger partial charge in [-0.2, -0.15) is 0 Å². The van der Waals surface area contributed by atoms with Crippen LogP contribution >= 0.6 is 11.8 Å². The highest BCUT2D eigenvalue weighted by molar-refractivity contribution is 8.00. The van der Waals surface area contributed by atoms with Gasteiger partial charge in [0.1, 0.15) is 17.2 Å². The number of para-hydroxylation sites is 1. The van der Waals surface area contributed by atoms with Gasteiger partial charge < -0.3 is 4.90 Å². The molecule has 150 valence electrons. The van der Waals surface area contributed by atoms with Crippen LogP contribution in [0.4, 0.5) is 10.1 Å². The number of anilines is 1. The smallest absolute Gasteiger partial charge is 0.237 e. The molecule has 0 radical (unpaired) electrons. The fraction of sp³-hybridized carbons (Fsp3) is 0.190. The van der Waals surface area contributed by atoms with Crippen molar-refractivity contribution in [2.45, 2.75) is 18.0 Å². The monoisotopic (exact) mass is 420 g/mol. The lowest BCUT2D eigenvalue weighted by atomic mass is 10.2. The van der Waals surface area contributed by atoms with E-state index in [0.717, 1.165) is 12.1 Å². The Morgan fingerprint density at radius 2 is 1.93 bits per heavy atom. The zero-order valence-corrected chi connectivity index (χ0v) is 16.7. The Hall–Kier alpha value is -3.33. The number of amides is 1. The molecule has 2 aromatic heterocycles. The van der Waals surface area contributed by atoms with Gasteiger partial charge in [0.15, 0.2) is 11.2 Å². The maximum absolute atomic E-state index is 14.0. The van der Waals surface area contributed by atoms with Gasteiger partial charge in [0.25, 0.3) is 0 Å². The Morgan fingerprint density at radius 3 is 2.83 bits per heavy atom. The van der Waals surface area contributed by atoms with E-state index in [9.17, 15) is 9.18 Å². The molecule has 7 nitrogen and oxygen atoms in total. The first-order valence-electron chi connectivity index (χ1n) is 9.49. The Bertz CT molecular complexity index is 1240. The highest BCUT2D eigenvalue weighted by Gasteiger charge is 2.24. The molecule has 1 aliphatic rings. The number of fused-ring (bicyclic) bond motifs is 2. The highest BCUT2D eigenvalue weighted by atomic mass is 32.2. The third kappa shape index (κ3) is 3.41. The van der Waals surface area contributed by atoms with Gasteiger partial charge in [-0.15, -0.1) is 5.10 Å². The molecule has 2 aromatic carbocycles. The quantitative estimate of drug-likeness (QED) is 0.365. The average molecular weight is 420 g/mol. The number of hydrogen-bond donors (Lipinski definition) is 0. The fourth-order valence-electron chi connectivity index (χ4n) is 3.58. The van der Waals surface area contributed by atoms with Crippen LogP contribution in [0.5, 0.6) is 0 Å². The second-order valence-corrected chi connectivity index (χ2v) is 7.87. The van der Waals surface area contributed by atoms with Gasteiger partial charge in [-0.25, -0.2) is 19.0 Å². The molecule has 9 heteroatoms. The molecule has 0 unspecified atom stereocenters. The largest absolute Gasteiger partial charge is 0.311 e. The average Bonchev–Trinajstić information content (AvgIpc) is 3.38. The molecule has 3 heterocycles. The van der Waals surface area contributed by atoms with Crippen LogP contribution in [-0.4, -0.2) is 43.2 Å². The summed E-state index contributed by atoms with van der Waals surface area (Å²) in [5, 5.41) is 8.88. The number of rotatable bonds is 5. The lowest BCUT2D eigenvalue weighted by Gasteiger charge is -2.16. The first-order valence-corrected chi connectivity index (χ1v) is 10.5. The summed E-state index contributed by atoms with van der Waals surface area (Å²) in [6.45, 7) is 0.907. The van der Waals surface area contributed by atoms with E-state index in [2.05, 4.69) is 26.3 Å². The van der Waals surface area contributed by atoms with Gasteiger partial charge in [-0.3, -0.25) is 4.79 Å². The summed E-state index contributed by atoms with van der Waals surface area (Å²) >= 11 is 1.31. The molecule has 0 saturated heterocycles. The van der Waals surface area contributed by atoms with Gasteiger partial charge in [-0.1, -0.05) is 53.4 Å². The summed E-state index contributed by atoms with van der Waals surface area (Å²) in [5.74, 6) is -0.0441. The molecule has 1 aliphatic heterocycles. The van der Waals surface area contributed by atoms with Crippen LogP contribution in [0.2, 0.25) is 0 Å². The van der Waals surface area contributed by atoms with Crippen molar-refractivity contribution in [1.82, 2.24) is 25.0 Å². The van der Waals surface area contributed by atoms with Crippen molar-refractivity contribution in [3.8, 4) is 0 Å². The summed E-state index contributed by atoms with van der Waals surface area (Å²) in [6, 6.07) is 14.5. The number of carbonyl (C=O) groups is 1. The molecule has 0 bridgehead atoms. The number of thioether (sulfide) groups is 1. The fourth-order valence-corrected chi connectivity index (χ4v) is 4.38. The minimum atomic E-state index is -0.304. The molecular formula is C21H17FN6OS. The first-order chi connectivity index (χ1) is 14.7. The van der Waals surface area contributed by atoms with Crippen molar-refractivity contribution in [3.63, 3.8) is 0 Å². The van der Waals surface area contributed by atoms with E-state index < -0.39 is 0 Å². The molecule has 1 amide bonds. The zero-order valence-electron chi connectivity index (χ0n) is 15.9.